The van der Waals surface area contributed by atoms with E-state index in [4.69, 9.17) is 13.6 Å². The lowest BCUT2D eigenvalue weighted by molar-refractivity contribution is -0.138. The predicted octanol–water partition coefficient (Wildman–Crippen LogP) is -1.51. The number of primary amides is 1. The first-order chi connectivity index (χ1) is 17.8. The number of amides is 7. The molecule has 0 aromatic heterocycles. The van der Waals surface area contributed by atoms with E-state index in [0.29, 0.717) is 25.7 Å². The van der Waals surface area contributed by atoms with Crippen LogP contribution in [0, 0.1) is 5.92 Å². The maximum atomic E-state index is 13.0. The summed E-state index contributed by atoms with van der Waals surface area (Å²) < 4.78 is 0. The Bertz CT molecular complexity index is 903. The minimum Gasteiger partial charge on any atom is -0.352 e. The molecule has 0 aliphatic carbocycles. The molecule has 0 bridgehead atoms. The van der Waals surface area contributed by atoms with Crippen molar-refractivity contribution in [2.75, 3.05) is 19.6 Å². The fourth-order valence-corrected chi connectivity index (χ4v) is 4.05. The topological polar surface area (TPSA) is 197 Å². The highest BCUT2D eigenvalue weighted by molar-refractivity contribution is 7.81. The van der Waals surface area contributed by atoms with Gasteiger partial charge in [0.05, 0.1) is 17.5 Å². The summed E-state index contributed by atoms with van der Waals surface area (Å²) in [5.41, 5.74) is 4.27. The van der Waals surface area contributed by atoms with Crippen molar-refractivity contribution in [3.8, 4) is 0 Å². The van der Waals surface area contributed by atoms with Crippen LogP contribution in [0.25, 0.3) is 0 Å². The fourth-order valence-electron chi connectivity index (χ4n) is 3.76. The molecule has 7 amide bonds. The summed E-state index contributed by atoms with van der Waals surface area (Å²) in [5, 5.41) is 9.42. The number of nitrogens with two attached hydrogens (primary N) is 1. The molecule has 0 spiro atoms. The van der Waals surface area contributed by atoms with Crippen LogP contribution in [0.2, 0.25) is 0 Å². The highest BCUT2D eigenvalue weighted by Gasteiger charge is 2.35. The Kier molecular flexibility index (Phi) is 14.5. The summed E-state index contributed by atoms with van der Waals surface area (Å²) >= 11 is 4.08. The van der Waals surface area contributed by atoms with Gasteiger partial charge in [0.1, 0.15) is 12.1 Å². The van der Waals surface area contributed by atoms with Crippen LogP contribution in [0.4, 0.5) is 4.79 Å². The van der Waals surface area contributed by atoms with Gasteiger partial charge in [-0.1, -0.05) is 20.3 Å². The van der Waals surface area contributed by atoms with Gasteiger partial charge in [-0.25, -0.2) is 4.79 Å². The number of thiol groups is 1. The average Bonchev–Trinajstić information content (AvgIpc) is 3.07. The number of carbonyl (C=O) groups is 7. The quantitative estimate of drug-likeness (QED) is 0.0546. The zero-order chi connectivity index (χ0) is 28.8. The van der Waals surface area contributed by atoms with Gasteiger partial charge in [0.2, 0.25) is 29.5 Å². The van der Waals surface area contributed by atoms with Gasteiger partial charge in [-0.15, -0.1) is 0 Å². The summed E-state index contributed by atoms with van der Waals surface area (Å²) in [4.78, 5) is 84.7. The lowest BCUT2D eigenvalue weighted by atomic mass is 10.0. The van der Waals surface area contributed by atoms with Gasteiger partial charge in [-0.3, -0.25) is 28.9 Å². The second kappa shape index (κ2) is 16.7. The maximum Gasteiger partial charge on any atom is 0.312 e. The van der Waals surface area contributed by atoms with Gasteiger partial charge in [0.25, 0.3) is 0 Å². The Morgan fingerprint density at radius 3 is 2.26 bits per heavy atom. The number of rotatable bonds is 17. The van der Waals surface area contributed by atoms with E-state index in [0.717, 1.165) is 0 Å². The van der Waals surface area contributed by atoms with Crippen LogP contribution in [-0.4, -0.2) is 91.0 Å². The molecule has 13 nitrogen and oxygen atoms in total. The van der Waals surface area contributed by atoms with E-state index in [1.807, 2.05) is 0 Å². The predicted molar refractivity (Wildman–Crippen MR) is 142 cm³/mol. The average molecular weight is 552 g/mol. The van der Waals surface area contributed by atoms with E-state index in [-0.39, 0.29) is 56.0 Å². The van der Waals surface area contributed by atoms with Crippen molar-refractivity contribution in [2.24, 2.45) is 11.7 Å². The van der Waals surface area contributed by atoms with Crippen molar-refractivity contribution >= 4 is 61.7 Å². The van der Waals surface area contributed by atoms with Gasteiger partial charge in [-0.05, 0) is 31.6 Å². The summed E-state index contributed by atoms with van der Waals surface area (Å²) in [6.45, 7) is 3.51. The number of nitrogens with zero attached hydrogens (tertiary/aromatic N) is 1. The Balaban J connectivity index is 2.58. The third-order valence-electron chi connectivity index (χ3n) is 5.81. The maximum absolute atomic E-state index is 13.0. The van der Waals surface area contributed by atoms with Crippen LogP contribution >= 0.6 is 12.6 Å². The molecule has 2 radical (unpaired) electrons. The molecule has 1 saturated heterocycles. The molecule has 15 heteroatoms. The lowest BCUT2D eigenvalue weighted by Crippen LogP contribution is -2.55. The van der Waals surface area contributed by atoms with Crippen LogP contribution in [0.3, 0.4) is 0 Å². The third kappa shape index (κ3) is 12.0. The number of urea groups is 1. The number of hydrogen-bond donors (Lipinski definition) is 6. The van der Waals surface area contributed by atoms with Gasteiger partial charge in [0.15, 0.2) is 7.85 Å². The molecule has 38 heavy (non-hydrogen) atoms. The van der Waals surface area contributed by atoms with Crippen LogP contribution in [0.5, 0.6) is 0 Å². The van der Waals surface area contributed by atoms with E-state index in [9.17, 15) is 33.6 Å². The molecule has 1 heterocycles. The standard InChI is InChI=1S/C23H37BN6O7S/c1-13(2)19(29-17(32)8-4-3-5-10-30-18(33)11-15(38)22(30)36)21(35)28-14(7-6-9-26-23(25)37)20(34)27-12-16(24)31/h13-15,19,38H,3-12H2,1-2H3,(H,27,34)(H,28,35)(H,29,32)(H3,25,26,37)/t14-,15?,19?/m0/s1. The van der Waals surface area contributed by atoms with Crippen LogP contribution in [0.1, 0.15) is 58.8 Å². The zero-order valence-electron chi connectivity index (χ0n) is 21.8. The van der Waals surface area contributed by atoms with Crippen molar-refractivity contribution in [1.29, 1.82) is 0 Å². The Morgan fingerprint density at radius 2 is 1.71 bits per heavy atom. The molecule has 1 fully saturated rings. The first-order valence-electron chi connectivity index (χ1n) is 12.5. The third-order valence-corrected chi connectivity index (χ3v) is 6.21. The van der Waals surface area contributed by atoms with Crippen molar-refractivity contribution in [1.82, 2.24) is 26.2 Å². The molecule has 6 N–H and O–H groups in total. The molecular formula is C23H37BN6O7S. The molecule has 210 valence electrons. The molecule has 1 rings (SSSR count). The van der Waals surface area contributed by atoms with Crippen LogP contribution < -0.4 is 27.0 Å². The summed E-state index contributed by atoms with van der Waals surface area (Å²) in [6.07, 6.45) is 2.30. The number of carbonyl (C=O) groups excluding carboxylic acids is 7. The fraction of sp³-hybridized carbons (Fsp3) is 0.696. The smallest absolute Gasteiger partial charge is 0.312 e. The largest absolute Gasteiger partial charge is 0.352 e. The normalized spacial score (nSPS) is 16.6. The molecule has 3 atom stereocenters. The number of unbranched alkanes of at least 4 members (excludes halogenated alkanes) is 2. The summed E-state index contributed by atoms with van der Waals surface area (Å²) in [6, 6.07) is -2.69. The van der Waals surface area contributed by atoms with Crippen molar-refractivity contribution < 1.29 is 33.6 Å². The lowest BCUT2D eigenvalue weighted by Gasteiger charge is -2.25. The highest BCUT2D eigenvalue weighted by atomic mass is 32.1. The van der Waals surface area contributed by atoms with Gasteiger partial charge in [0, 0.05) is 25.9 Å². The number of imide groups is 1. The van der Waals surface area contributed by atoms with Crippen LogP contribution in [0.15, 0.2) is 0 Å². The minimum absolute atomic E-state index is 0.0981. The van der Waals surface area contributed by atoms with E-state index >= 15 is 0 Å². The van der Waals surface area contributed by atoms with Gasteiger partial charge in [-0.2, -0.15) is 12.6 Å². The molecule has 2 unspecified atom stereocenters. The van der Waals surface area contributed by atoms with Gasteiger partial charge < -0.3 is 31.8 Å². The molecule has 1 aliphatic rings. The highest BCUT2D eigenvalue weighted by Crippen LogP contribution is 2.18. The van der Waals surface area contributed by atoms with E-state index < -0.39 is 47.4 Å². The minimum atomic E-state index is -1.04. The van der Waals surface area contributed by atoms with Crippen molar-refractivity contribution in [2.45, 2.75) is 76.1 Å². The Morgan fingerprint density at radius 1 is 1.03 bits per heavy atom. The molecule has 0 aromatic carbocycles. The monoisotopic (exact) mass is 552 g/mol. The Hall–Kier alpha value is -3.10. The number of likely N-dealkylation sites (tertiary alicyclic amines) is 1. The Labute approximate surface area is 228 Å². The zero-order valence-corrected chi connectivity index (χ0v) is 22.7. The second-order valence-corrected chi connectivity index (χ2v) is 10.0. The first-order valence-corrected chi connectivity index (χ1v) is 13.1. The van der Waals surface area contributed by atoms with E-state index in [2.05, 4.69) is 33.9 Å². The molecule has 1 aliphatic heterocycles. The molecular weight excluding hydrogens is 515 g/mol. The summed E-state index contributed by atoms with van der Waals surface area (Å²) in [7, 11) is 5.06. The SMILES string of the molecule is [B]C(=O)CNC(=O)[C@H](CCCNC(N)=O)NC(=O)C(NC(=O)CCCCCN1C(=O)CC(S)C1=O)C(C)C. The van der Waals surface area contributed by atoms with Gasteiger partial charge >= 0.3 is 6.03 Å². The number of nitrogens with one attached hydrogen (secondary N) is 4. The van der Waals surface area contributed by atoms with Crippen molar-refractivity contribution in [3.63, 3.8) is 0 Å². The second-order valence-electron chi connectivity index (χ2n) is 9.38. The summed E-state index contributed by atoms with van der Waals surface area (Å²) in [5.74, 6) is -2.42. The van der Waals surface area contributed by atoms with E-state index in [1.54, 1.807) is 13.8 Å². The van der Waals surface area contributed by atoms with Crippen molar-refractivity contribution in [3.05, 3.63) is 0 Å². The first kappa shape index (κ1) is 32.9. The molecule has 0 saturated carbocycles. The number of hydrogen-bond acceptors (Lipinski definition) is 8. The molecule has 0 aromatic rings. The van der Waals surface area contributed by atoms with Crippen LogP contribution in [-0.2, 0) is 28.8 Å². The van der Waals surface area contributed by atoms with E-state index in [1.165, 1.54) is 4.90 Å².